The highest BCUT2D eigenvalue weighted by Crippen LogP contribution is 2.34. The van der Waals surface area contributed by atoms with Gasteiger partial charge in [-0.05, 0) is 37.5 Å². The quantitative estimate of drug-likeness (QED) is 0.852. The van der Waals surface area contributed by atoms with Crippen LogP contribution in [0.3, 0.4) is 0 Å². The fraction of sp³-hybridized carbons (Fsp3) is 0.526. The molecule has 0 aliphatic carbocycles. The lowest BCUT2D eigenvalue weighted by Gasteiger charge is -2.32. The molecule has 2 fully saturated rings. The Morgan fingerprint density at radius 2 is 1.89 bits per heavy atom. The van der Waals surface area contributed by atoms with Gasteiger partial charge in [0.15, 0.2) is 0 Å². The number of carbonyl (C=O) groups excluding carboxylic acids is 3. The molecule has 0 unspecified atom stereocenters. The number of halogens is 3. The van der Waals surface area contributed by atoms with Crippen molar-refractivity contribution in [2.45, 2.75) is 44.8 Å². The number of hydrogen-bond donors (Lipinski definition) is 1. The van der Waals surface area contributed by atoms with E-state index in [-0.39, 0.29) is 35.5 Å². The highest BCUT2D eigenvalue weighted by atomic mass is 19.4. The highest BCUT2D eigenvalue weighted by Gasteiger charge is 2.34. The van der Waals surface area contributed by atoms with Crippen LogP contribution >= 0.6 is 0 Å². The van der Waals surface area contributed by atoms with Gasteiger partial charge in [-0.3, -0.25) is 14.4 Å². The van der Waals surface area contributed by atoms with Crippen molar-refractivity contribution in [2.24, 2.45) is 0 Å². The molecule has 0 radical (unpaired) electrons. The molecule has 28 heavy (non-hydrogen) atoms. The number of anilines is 1. The summed E-state index contributed by atoms with van der Waals surface area (Å²) in [5.41, 5.74) is -1.04. The summed E-state index contributed by atoms with van der Waals surface area (Å²) in [4.78, 5) is 39.0. The maximum absolute atomic E-state index is 13.3. The first-order chi connectivity index (χ1) is 13.1. The van der Waals surface area contributed by atoms with Gasteiger partial charge >= 0.3 is 6.18 Å². The topological polar surface area (TPSA) is 69.7 Å². The summed E-state index contributed by atoms with van der Waals surface area (Å²) in [7, 11) is 0. The van der Waals surface area contributed by atoms with E-state index in [1.807, 2.05) is 0 Å². The van der Waals surface area contributed by atoms with Crippen LogP contribution in [0.25, 0.3) is 0 Å². The number of piperidine rings is 1. The zero-order chi connectivity index (χ0) is 20.5. The second-order valence-electron chi connectivity index (χ2n) is 7.19. The largest absolute Gasteiger partial charge is 0.416 e. The fourth-order valence-corrected chi connectivity index (χ4v) is 3.63. The molecule has 2 aliphatic rings. The van der Waals surface area contributed by atoms with E-state index in [0.29, 0.717) is 38.9 Å². The third kappa shape index (κ3) is 4.45. The molecule has 1 N–H and O–H groups in total. The van der Waals surface area contributed by atoms with Crippen molar-refractivity contribution in [1.82, 2.24) is 10.2 Å². The van der Waals surface area contributed by atoms with Gasteiger partial charge in [-0.25, -0.2) is 0 Å². The van der Waals surface area contributed by atoms with Crippen molar-refractivity contribution in [3.63, 3.8) is 0 Å². The molecule has 1 aromatic carbocycles. The lowest BCUT2D eigenvalue weighted by molar-refractivity contribution is -0.137. The van der Waals surface area contributed by atoms with Gasteiger partial charge in [-0.2, -0.15) is 13.2 Å². The molecule has 0 spiro atoms. The van der Waals surface area contributed by atoms with Crippen LogP contribution in [0.2, 0.25) is 0 Å². The van der Waals surface area contributed by atoms with Crippen LogP contribution in [0.5, 0.6) is 0 Å². The first kappa shape index (κ1) is 20.2. The van der Waals surface area contributed by atoms with E-state index in [1.165, 1.54) is 17.9 Å². The molecule has 0 aromatic heterocycles. The van der Waals surface area contributed by atoms with E-state index in [0.717, 1.165) is 12.1 Å². The number of benzene rings is 1. The lowest BCUT2D eigenvalue weighted by Crippen LogP contribution is -2.49. The summed E-state index contributed by atoms with van der Waals surface area (Å²) in [5, 5.41) is 2.72. The van der Waals surface area contributed by atoms with Gasteiger partial charge in [-0.1, -0.05) is 0 Å². The van der Waals surface area contributed by atoms with Gasteiger partial charge in [0.05, 0.1) is 5.56 Å². The molecule has 6 nitrogen and oxygen atoms in total. The Kier molecular flexibility index (Phi) is 5.62. The Hall–Kier alpha value is -2.58. The number of hydrogen-bond acceptors (Lipinski definition) is 3. The Morgan fingerprint density at radius 3 is 2.50 bits per heavy atom. The molecular formula is C19H22F3N3O3. The monoisotopic (exact) mass is 397 g/mol. The maximum atomic E-state index is 13.3. The number of rotatable bonds is 3. The summed E-state index contributed by atoms with van der Waals surface area (Å²) in [6.07, 6.45) is -2.43. The van der Waals surface area contributed by atoms with Gasteiger partial charge in [0, 0.05) is 50.3 Å². The summed E-state index contributed by atoms with van der Waals surface area (Å²) >= 11 is 0. The van der Waals surface area contributed by atoms with Crippen molar-refractivity contribution in [2.75, 3.05) is 24.5 Å². The zero-order valence-electron chi connectivity index (χ0n) is 15.5. The average molecular weight is 397 g/mol. The van der Waals surface area contributed by atoms with Crippen LogP contribution in [0, 0.1) is 0 Å². The molecule has 0 bridgehead atoms. The van der Waals surface area contributed by atoms with Crippen LogP contribution in [-0.2, 0) is 15.8 Å². The molecule has 0 saturated carbocycles. The summed E-state index contributed by atoms with van der Waals surface area (Å²) in [6.45, 7) is 2.71. The van der Waals surface area contributed by atoms with Crippen molar-refractivity contribution in [3.8, 4) is 0 Å². The Balaban J connectivity index is 1.84. The predicted octanol–water partition coefficient (Wildman–Crippen LogP) is 2.57. The lowest BCUT2D eigenvalue weighted by atomic mass is 10.0. The van der Waals surface area contributed by atoms with Crippen LogP contribution in [0.1, 0.15) is 48.5 Å². The van der Waals surface area contributed by atoms with Crippen LogP contribution in [0.15, 0.2) is 18.2 Å². The summed E-state index contributed by atoms with van der Waals surface area (Å²) in [5.74, 6) is -1.00. The van der Waals surface area contributed by atoms with Gasteiger partial charge in [-0.15, -0.1) is 0 Å². The Bertz CT molecular complexity index is 794. The molecular weight excluding hydrogens is 375 g/mol. The van der Waals surface area contributed by atoms with E-state index >= 15 is 0 Å². The predicted molar refractivity (Wildman–Crippen MR) is 95.8 cm³/mol. The molecule has 3 rings (SSSR count). The van der Waals surface area contributed by atoms with E-state index < -0.39 is 17.6 Å². The van der Waals surface area contributed by atoms with E-state index in [1.54, 1.807) is 4.90 Å². The summed E-state index contributed by atoms with van der Waals surface area (Å²) < 4.78 is 39.9. The third-order valence-corrected chi connectivity index (χ3v) is 5.09. The molecule has 2 aliphatic heterocycles. The van der Waals surface area contributed by atoms with Gasteiger partial charge in [0.2, 0.25) is 11.8 Å². The molecule has 1 aromatic rings. The number of alkyl halides is 3. The van der Waals surface area contributed by atoms with Gasteiger partial charge < -0.3 is 15.1 Å². The molecule has 2 saturated heterocycles. The number of carbonyl (C=O) groups is 3. The van der Waals surface area contributed by atoms with E-state index in [4.69, 9.17) is 0 Å². The average Bonchev–Trinajstić information content (AvgIpc) is 3.06. The van der Waals surface area contributed by atoms with Gasteiger partial charge in [0.25, 0.3) is 5.91 Å². The Morgan fingerprint density at radius 1 is 1.14 bits per heavy atom. The minimum atomic E-state index is -4.63. The normalized spacial score (nSPS) is 20.4. The molecule has 2 heterocycles. The third-order valence-electron chi connectivity index (χ3n) is 5.09. The van der Waals surface area contributed by atoms with E-state index in [9.17, 15) is 27.6 Å². The number of nitrogens with zero attached hydrogens (tertiary/aromatic N) is 2. The number of nitrogens with one attached hydrogen (secondary N) is 1. The second-order valence-corrected chi connectivity index (χ2v) is 7.19. The Labute approximate surface area is 160 Å². The molecule has 9 heteroatoms. The van der Waals surface area contributed by atoms with Crippen LogP contribution in [0.4, 0.5) is 18.9 Å². The number of likely N-dealkylation sites (tertiary alicyclic amines) is 1. The highest BCUT2D eigenvalue weighted by molar-refractivity contribution is 5.99. The first-order valence-electron chi connectivity index (χ1n) is 9.24. The smallest absolute Gasteiger partial charge is 0.348 e. The van der Waals surface area contributed by atoms with Crippen molar-refractivity contribution in [3.05, 3.63) is 29.3 Å². The molecule has 3 amide bonds. The number of amides is 3. The second kappa shape index (κ2) is 7.81. The minimum Gasteiger partial charge on any atom is -0.348 e. The van der Waals surface area contributed by atoms with Gasteiger partial charge in [0.1, 0.15) is 0 Å². The molecule has 1 atom stereocenters. The molecule has 152 valence electrons. The fourth-order valence-electron chi connectivity index (χ4n) is 3.63. The summed E-state index contributed by atoms with van der Waals surface area (Å²) in [6, 6.07) is 2.69. The van der Waals surface area contributed by atoms with Crippen LogP contribution < -0.4 is 10.2 Å². The van der Waals surface area contributed by atoms with Crippen LogP contribution in [-0.4, -0.2) is 48.3 Å². The first-order valence-corrected chi connectivity index (χ1v) is 9.24. The zero-order valence-corrected chi connectivity index (χ0v) is 15.5. The van der Waals surface area contributed by atoms with Crippen molar-refractivity contribution in [1.29, 1.82) is 0 Å². The maximum Gasteiger partial charge on any atom is 0.416 e. The van der Waals surface area contributed by atoms with E-state index in [2.05, 4.69) is 5.32 Å². The van der Waals surface area contributed by atoms with Crippen molar-refractivity contribution < 1.29 is 27.6 Å². The van der Waals surface area contributed by atoms with Crippen molar-refractivity contribution >= 4 is 23.4 Å². The SMILES string of the molecule is CC(=O)N1CCC[C@@H](NC(=O)c2cc(N3CCCC3=O)cc(C(F)(F)F)c2)C1. The standard InChI is InChI=1S/C19H22F3N3O3/c1-12(26)24-6-2-4-15(11-24)23-18(28)13-8-14(19(20,21)22)10-16(9-13)25-7-3-5-17(25)27/h8-10,15H,2-7,11H2,1H3,(H,23,28)/t15-/m1/s1. The minimum absolute atomic E-state index is 0.0801.